The van der Waals surface area contributed by atoms with Crippen molar-refractivity contribution in [2.45, 2.75) is 13.5 Å². The number of hydrogen-bond acceptors (Lipinski definition) is 2. The zero-order valence-electron chi connectivity index (χ0n) is 9.28. The van der Waals surface area contributed by atoms with Crippen molar-refractivity contribution in [3.63, 3.8) is 0 Å². The predicted octanol–water partition coefficient (Wildman–Crippen LogP) is 4.28. The first kappa shape index (κ1) is 12.2. The Morgan fingerprint density at radius 3 is 2.71 bits per heavy atom. The molecule has 2 aromatic rings. The third-order valence-electron chi connectivity index (χ3n) is 2.33. The molecule has 0 aliphatic rings. The minimum absolute atomic E-state index is 0.465. The lowest BCUT2D eigenvalue weighted by molar-refractivity contribution is 0.303. The highest BCUT2D eigenvalue weighted by Gasteiger charge is 2.05. The topological polar surface area (TPSA) is 22.1 Å². The van der Waals surface area contributed by atoms with E-state index in [1.807, 2.05) is 19.1 Å². The molecule has 0 atom stereocenters. The number of benzene rings is 1. The van der Waals surface area contributed by atoms with Gasteiger partial charge in [-0.25, -0.2) is 0 Å². The highest BCUT2D eigenvalue weighted by atomic mass is 35.5. The summed E-state index contributed by atoms with van der Waals surface area (Å²) in [5.74, 6) is 0.739. The normalized spacial score (nSPS) is 10.3. The number of rotatable bonds is 3. The van der Waals surface area contributed by atoms with Gasteiger partial charge < -0.3 is 4.74 Å². The van der Waals surface area contributed by atoms with Crippen molar-refractivity contribution in [3.05, 3.63) is 57.8 Å². The van der Waals surface area contributed by atoms with Crippen molar-refractivity contribution in [2.75, 3.05) is 0 Å². The van der Waals surface area contributed by atoms with E-state index in [0.29, 0.717) is 16.7 Å². The van der Waals surface area contributed by atoms with Crippen LogP contribution in [0.3, 0.4) is 0 Å². The summed E-state index contributed by atoms with van der Waals surface area (Å²) in [6, 6.07) is 7.36. The molecule has 0 spiro atoms. The van der Waals surface area contributed by atoms with Crippen molar-refractivity contribution in [1.29, 1.82) is 0 Å². The van der Waals surface area contributed by atoms with Crippen LogP contribution in [0.1, 0.15) is 11.1 Å². The average Bonchev–Trinajstić information content (AvgIpc) is 2.33. The maximum atomic E-state index is 5.94. The van der Waals surface area contributed by atoms with E-state index in [2.05, 4.69) is 4.98 Å². The molecule has 0 unspecified atom stereocenters. The molecule has 0 saturated carbocycles. The Balaban J connectivity index is 2.12. The molecular formula is C13H11Cl2NO. The molecule has 0 bridgehead atoms. The molecule has 4 heteroatoms. The fourth-order valence-corrected chi connectivity index (χ4v) is 1.80. The molecule has 0 aliphatic heterocycles. The number of aryl methyl sites for hydroxylation is 1. The van der Waals surface area contributed by atoms with Crippen molar-refractivity contribution < 1.29 is 4.74 Å². The molecule has 1 heterocycles. The van der Waals surface area contributed by atoms with Crippen LogP contribution in [-0.2, 0) is 6.61 Å². The molecule has 2 nitrogen and oxygen atoms in total. The lowest BCUT2D eigenvalue weighted by Gasteiger charge is -2.10. The van der Waals surface area contributed by atoms with Crippen LogP contribution in [0.2, 0.25) is 10.0 Å². The van der Waals surface area contributed by atoms with E-state index in [4.69, 9.17) is 27.9 Å². The third kappa shape index (κ3) is 3.11. The molecule has 88 valence electrons. The van der Waals surface area contributed by atoms with Gasteiger partial charge in [0.1, 0.15) is 12.4 Å². The highest BCUT2D eigenvalue weighted by Crippen LogP contribution is 2.30. The van der Waals surface area contributed by atoms with Gasteiger partial charge in [-0.3, -0.25) is 4.98 Å². The first-order chi connectivity index (χ1) is 8.16. The first-order valence-electron chi connectivity index (χ1n) is 5.14. The van der Waals surface area contributed by atoms with Gasteiger partial charge in [-0.1, -0.05) is 29.3 Å². The molecule has 0 aliphatic carbocycles. The molecule has 17 heavy (non-hydrogen) atoms. The number of hydrogen-bond donors (Lipinski definition) is 0. The van der Waals surface area contributed by atoms with Gasteiger partial charge in [0.15, 0.2) is 0 Å². The summed E-state index contributed by atoms with van der Waals surface area (Å²) in [6.07, 6.45) is 3.50. The summed E-state index contributed by atoms with van der Waals surface area (Å²) >= 11 is 11.8. The first-order valence-corrected chi connectivity index (χ1v) is 5.90. The summed E-state index contributed by atoms with van der Waals surface area (Å²) in [5.41, 5.74) is 1.97. The summed E-state index contributed by atoms with van der Waals surface area (Å²) in [6.45, 7) is 2.40. The second-order valence-corrected chi connectivity index (χ2v) is 4.50. The highest BCUT2D eigenvalue weighted by molar-refractivity contribution is 6.42. The Kier molecular flexibility index (Phi) is 3.87. The van der Waals surface area contributed by atoms with Crippen molar-refractivity contribution in [2.24, 2.45) is 0 Å². The average molecular weight is 268 g/mol. The van der Waals surface area contributed by atoms with Gasteiger partial charge in [0.25, 0.3) is 0 Å². The number of ether oxygens (including phenoxy) is 1. The molecule has 0 radical (unpaired) electrons. The maximum absolute atomic E-state index is 5.94. The Morgan fingerprint density at radius 1 is 1.24 bits per heavy atom. The number of aromatic nitrogens is 1. The Bertz CT molecular complexity index is 514. The number of halogens is 2. The molecule has 0 fully saturated rings. The minimum Gasteiger partial charge on any atom is -0.489 e. The molecular weight excluding hydrogens is 257 g/mol. The third-order valence-corrected chi connectivity index (χ3v) is 3.06. The second kappa shape index (κ2) is 5.39. The Hall–Kier alpha value is -1.25. The van der Waals surface area contributed by atoms with Gasteiger partial charge in [-0.15, -0.1) is 0 Å². The van der Waals surface area contributed by atoms with Crippen molar-refractivity contribution >= 4 is 23.2 Å². The maximum Gasteiger partial charge on any atom is 0.124 e. The van der Waals surface area contributed by atoms with E-state index in [1.54, 1.807) is 24.5 Å². The van der Waals surface area contributed by atoms with E-state index in [-0.39, 0.29) is 0 Å². The molecule has 2 rings (SSSR count). The van der Waals surface area contributed by atoms with E-state index in [1.165, 1.54) is 0 Å². The zero-order chi connectivity index (χ0) is 12.3. The summed E-state index contributed by atoms with van der Waals surface area (Å²) in [4.78, 5) is 4.02. The molecule has 1 aromatic carbocycles. The fourth-order valence-electron chi connectivity index (χ4n) is 1.43. The van der Waals surface area contributed by atoms with Gasteiger partial charge in [-0.2, -0.15) is 0 Å². The standard InChI is InChI=1S/C13H11Cl2NO/c1-9-5-11(14)12(15)6-13(9)17-8-10-3-2-4-16-7-10/h2-7H,8H2,1H3. The van der Waals surface area contributed by atoms with Crippen molar-refractivity contribution in [1.82, 2.24) is 4.98 Å². The van der Waals surface area contributed by atoms with Crippen molar-refractivity contribution in [3.8, 4) is 5.75 Å². The lowest BCUT2D eigenvalue weighted by Crippen LogP contribution is -1.97. The molecule has 0 saturated heterocycles. The van der Waals surface area contributed by atoms with E-state index in [9.17, 15) is 0 Å². The quantitative estimate of drug-likeness (QED) is 0.829. The summed E-state index contributed by atoms with van der Waals surface area (Å²) < 4.78 is 5.68. The van der Waals surface area contributed by atoms with Crippen LogP contribution in [0.15, 0.2) is 36.7 Å². The second-order valence-electron chi connectivity index (χ2n) is 3.68. The van der Waals surface area contributed by atoms with Gasteiger partial charge in [0, 0.05) is 24.0 Å². The van der Waals surface area contributed by atoms with Gasteiger partial charge >= 0.3 is 0 Å². The van der Waals surface area contributed by atoms with E-state index >= 15 is 0 Å². The van der Waals surface area contributed by atoms with Crippen LogP contribution < -0.4 is 4.74 Å². The van der Waals surface area contributed by atoms with E-state index < -0.39 is 0 Å². The smallest absolute Gasteiger partial charge is 0.124 e. The zero-order valence-corrected chi connectivity index (χ0v) is 10.8. The molecule has 1 aromatic heterocycles. The number of pyridine rings is 1. The van der Waals surface area contributed by atoms with Gasteiger partial charge in [-0.05, 0) is 24.6 Å². The minimum atomic E-state index is 0.465. The van der Waals surface area contributed by atoms with Crippen LogP contribution in [0.25, 0.3) is 0 Å². The Morgan fingerprint density at radius 2 is 2.00 bits per heavy atom. The van der Waals surface area contributed by atoms with Crippen LogP contribution in [-0.4, -0.2) is 4.98 Å². The monoisotopic (exact) mass is 267 g/mol. The Labute approximate surface area is 110 Å². The fraction of sp³-hybridized carbons (Fsp3) is 0.154. The van der Waals surface area contributed by atoms with Crippen LogP contribution in [0.4, 0.5) is 0 Å². The SMILES string of the molecule is Cc1cc(Cl)c(Cl)cc1OCc1cccnc1. The van der Waals surface area contributed by atoms with Gasteiger partial charge in [0.2, 0.25) is 0 Å². The number of nitrogens with zero attached hydrogens (tertiary/aromatic N) is 1. The van der Waals surface area contributed by atoms with Crippen LogP contribution >= 0.6 is 23.2 Å². The lowest BCUT2D eigenvalue weighted by atomic mass is 10.2. The molecule has 0 amide bonds. The van der Waals surface area contributed by atoms with E-state index in [0.717, 1.165) is 16.9 Å². The summed E-state index contributed by atoms with van der Waals surface area (Å²) in [5, 5.41) is 1.04. The predicted molar refractivity (Wildman–Crippen MR) is 69.8 cm³/mol. The van der Waals surface area contributed by atoms with Crippen LogP contribution in [0, 0.1) is 6.92 Å². The largest absolute Gasteiger partial charge is 0.489 e. The van der Waals surface area contributed by atoms with Crippen LogP contribution in [0.5, 0.6) is 5.75 Å². The van der Waals surface area contributed by atoms with Gasteiger partial charge in [0.05, 0.1) is 10.0 Å². The molecule has 0 N–H and O–H groups in total. The summed E-state index contributed by atoms with van der Waals surface area (Å²) in [7, 11) is 0.